The van der Waals surface area contributed by atoms with Crippen LogP contribution in [0.1, 0.15) is 63.0 Å². The number of halogens is 4. The summed E-state index contributed by atoms with van der Waals surface area (Å²) in [6, 6.07) is 8.78. The van der Waals surface area contributed by atoms with Crippen molar-refractivity contribution in [3.63, 3.8) is 0 Å². The maximum atomic E-state index is 15.9. The largest absolute Gasteiger partial charge is 0.396 e. The Morgan fingerprint density at radius 2 is 2.02 bits per heavy atom. The van der Waals surface area contributed by atoms with E-state index in [1.54, 1.807) is 6.07 Å². The van der Waals surface area contributed by atoms with Crippen LogP contribution >= 0.6 is 23.2 Å². The van der Waals surface area contributed by atoms with Crippen molar-refractivity contribution in [3.8, 4) is 6.07 Å². The highest BCUT2D eigenvalue weighted by Gasteiger charge is 2.61. The maximum Gasteiger partial charge on any atom is 0.237 e. The summed E-state index contributed by atoms with van der Waals surface area (Å²) in [4.78, 5) is 14.0. The molecule has 2 aromatic carbocycles. The number of nitrogens with zero attached hydrogens (tertiary/aromatic N) is 1. The number of amides is 1. The van der Waals surface area contributed by atoms with Gasteiger partial charge in [-0.2, -0.15) is 5.26 Å². The number of carbonyl (C=O) groups excluding carboxylic acids is 1. The molecule has 7 nitrogen and oxygen atoms in total. The number of carbonyl (C=O) groups is 1. The minimum atomic E-state index is -1.78. The molecule has 1 amide bonds. The van der Waals surface area contributed by atoms with Crippen molar-refractivity contribution in [2.24, 2.45) is 5.41 Å². The summed E-state index contributed by atoms with van der Waals surface area (Å²) in [5.41, 5.74) is -2.41. The van der Waals surface area contributed by atoms with Gasteiger partial charge < -0.3 is 25.2 Å². The highest BCUT2D eigenvalue weighted by Crippen LogP contribution is 2.54. The molecule has 6 atom stereocenters. The van der Waals surface area contributed by atoms with Crippen molar-refractivity contribution in [3.05, 3.63) is 81.4 Å². The van der Waals surface area contributed by atoms with Gasteiger partial charge >= 0.3 is 0 Å². The standard InChI is InChI=1S/C33H37Cl2F2N3O4/c1-31(2)43-17-21(44-31)11-14-39-30(42)29-27(22-7-6-8-24(35)28(22)37)33(18-38,23-10-9-20(34)15-25(23)36)26(40-29)16-32(19-41)12-4-3-5-13-32/h3-4,6-10,15,21,26-27,29,40-41H,5,11-14,16-17,19H2,1-2H3,(H,39,42)/t21-,26-,27-,29+,32?,33-/m0/s1. The van der Waals surface area contributed by atoms with E-state index in [-0.39, 0.29) is 46.8 Å². The Kier molecular flexibility index (Phi) is 9.72. The van der Waals surface area contributed by atoms with Gasteiger partial charge in [-0.3, -0.25) is 4.79 Å². The molecular formula is C33H37Cl2F2N3O4. The summed E-state index contributed by atoms with van der Waals surface area (Å²) < 4.78 is 43.3. The van der Waals surface area contributed by atoms with E-state index in [2.05, 4.69) is 16.7 Å². The fourth-order valence-corrected chi connectivity index (χ4v) is 7.43. The van der Waals surface area contributed by atoms with Crippen molar-refractivity contribution in [2.45, 2.75) is 81.3 Å². The Morgan fingerprint density at radius 3 is 2.66 bits per heavy atom. The molecule has 2 aliphatic heterocycles. The van der Waals surface area contributed by atoms with Crippen LogP contribution in [0.2, 0.25) is 10.0 Å². The maximum absolute atomic E-state index is 15.9. The number of benzene rings is 2. The SMILES string of the molecule is CC1(C)OC[C@H](CCNC(=O)[C@@H]2N[C@@H](CC3(CO)CC=CCC3)[C@](C#N)(c3ccc(Cl)cc3F)[C@H]2c2cccc(Cl)c2F)O1. The normalized spacial score (nSPS) is 31.1. The third kappa shape index (κ3) is 6.26. The first-order valence-electron chi connectivity index (χ1n) is 14.9. The predicted molar refractivity (Wildman–Crippen MR) is 163 cm³/mol. The molecule has 5 rings (SSSR count). The highest BCUT2D eigenvalue weighted by atomic mass is 35.5. The molecule has 0 bridgehead atoms. The molecule has 2 fully saturated rings. The van der Waals surface area contributed by atoms with Gasteiger partial charge in [-0.05, 0) is 75.1 Å². The van der Waals surface area contributed by atoms with Crippen LogP contribution in [-0.2, 0) is 19.7 Å². The lowest BCUT2D eigenvalue weighted by Gasteiger charge is -2.41. The Balaban J connectivity index is 1.59. The van der Waals surface area contributed by atoms with E-state index in [4.69, 9.17) is 32.7 Å². The van der Waals surface area contributed by atoms with Gasteiger partial charge in [0.05, 0.1) is 29.8 Å². The number of aliphatic hydroxyl groups is 1. The van der Waals surface area contributed by atoms with Gasteiger partial charge in [0.25, 0.3) is 0 Å². The molecule has 0 saturated carbocycles. The number of allylic oxidation sites excluding steroid dienone is 2. The first-order chi connectivity index (χ1) is 20.9. The van der Waals surface area contributed by atoms with Crippen LogP contribution in [-0.4, -0.2) is 54.7 Å². The topological polar surface area (TPSA) is 104 Å². The Morgan fingerprint density at radius 1 is 1.23 bits per heavy atom. The van der Waals surface area contributed by atoms with Crippen LogP contribution in [0.15, 0.2) is 48.6 Å². The zero-order valence-electron chi connectivity index (χ0n) is 24.7. The zero-order chi connectivity index (χ0) is 31.7. The lowest BCUT2D eigenvalue weighted by molar-refractivity contribution is -0.138. The van der Waals surface area contributed by atoms with Gasteiger partial charge in [-0.15, -0.1) is 0 Å². The molecule has 44 heavy (non-hydrogen) atoms. The van der Waals surface area contributed by atoms with Crippen LogP contribution in [0.4, 0.5) is 8.78 Å². The molecule has 2 saturated heterocycles. The van der Waals surface area contributed by atoms with Crippen LogP contribution in [0.3, 0.4) is 0 Å². The quantitative estimate of drug-likeness (QED) is 0.292. The predicted octanol–water partition coefficient (Wildman–Crippen LogP) is 5.92. The fourth-order valence-electron chi connectivity index (χ4n) is 7.09. The third-order valence-electron chi connectivity index (χ3n) is 9.28. The van der Waals surface area contributed by atoms with Crippen molar-refractivity contribution >= 4 is 29.1 Å². The van der Waals surface area contributed by atoms with Gasteiger partial charge in [-0.25, -0.2) is 8.78 Å². The van der Waals surface area contributed by atoms with Gasteiger partial charge in [0, 0.05) is 35.7 Å². The second kappa shape index (κ2) is 13.0. The molecule has 1 unspecified atom stereocenters. The molecule has 11 heteroatoms. The van der Waals surface area contributed by atoms with Crippen LogP contribution in [0.25, 0.3) is 0 Å². The lowest BCUT2D eigenvalue weighted by Crippen LogP contribution is -2.47. The molecule has 236 valence electrons. The monoisotopic (exact) mass is 647 g/mol. The van der Waals surface area contributed by atoms with E-state index in [0.717, 1.165) is 12.5 Å². The molecule has 0 radical (unpaired) electrons. The average molecular weight is 649 g/mol. The Bertz CT molecular complexity index is 1470. The smallest absolute Gasteiger partial charge is 0.237 e. The molecule has 3 N–H and O–H groups in total. The summed E-state index contributed by atoms with van der Waals surface area (Å²) >= 11 is 12.3. The van der Waals surface area contributed by atoms with Crippen molar-refractivity contribution in [2.75, 3.05) is 19.8 Å². The van der Waals surface area contributed by atoms with E-state index < -0.39 is 52.2 Å². The number of hydrogen-bond acceptors (Lipinski definition) is 6. The minimum absolute atomic E-state index is 0.0133. The van der Waals surface area contributed by atoms with Gasteiger partial charge in [0.1, 0.15) is 17.0 Å². The number of aliphatic hydroxyl groups excluding tert-OH is 1. The second-order valence-electron chi connectivity index (χ2n) is 12.5. The third-order valence-corrected chi connectivity index (χ3v) is 9.81. The molecular weight excluding hydrogens is 611 g/mol. The number of rotatable bonds is 9. The van der Waals surface area contributed by atoms with E-state index in [1.807, 2.05) is 26.0 Å². The van der Waals surface area contributed by atoms with Crippen LogP contribution in [0.5, 0.6) is 0 Å². The van der Waals surface area contributed by atoms with E-state index >= 15 is 8.78 Å². The fraction of sp³-hybridized carbons (Fsp3) is 0.515. The molecule has 0 aromatic heterocycles. The average Bonchev–Trinajstić information content (AvgIpc) is 3.51. The van der Waals surface area contributed by atoms with Gasteiger partial charge in [0.2, 0.25) is 5.91 Å². The Hall–Kier alpha value is -2.58. The lowest BCUT2D eigenvalue weighted by atomic mass is 9.61. The molecule has 3 aliphatic rings. The number of nitriles is 1. The number of ether oxygens (including phenoxy) is 2. The van der Waals surface area contributed by atoms with E-state index in [9.17, 15) is 15.2 Å². The summed E-state index contributed by atoms with van der Waals surface area (Å²) in [6.45, 7) is 4.08. The Labute approximate surface area is 266 Å². The summed E-state index contributed by atoms with van der Waals surface area (Å²) in [5, 5.41) is 27.9. The number of hydrogen-bond donors (Lipinski definition) is 3. The first-order valence-corrected chi connectivity index (χ1v) is 15.6. The molecule has 0 spiro atoms. The zero-order valence-corrected chi connectivity index (χ0v) is 26.2. The molecule has 1 aliphatic carbocycles. The van der Waals surface area contributed by atoms with Crippen molar-refractivity contribution in [1.82, 2.24) is 10.6 Å². The van der Waals surface area contributed by atoms with Crippen molar-refractivity contribution < 1.29 is 28.2 Å². The van der Waals surface area contributed by atoms with E-state index in [1.165, 1.54) is 24.3 Å². The van der Waals surface area contributed by atoms with Gasteiger partial charge in [-0.1, -0.05) is 53.6 Å². The van der Waals surface area contributed by atoms with Crippen LogP contribution in [0, 0.1) is 28.4 Å². The van der Waals surface area contributed by atoms with Crippen molar-refractivity contribution in [1.29, 1.82) is 5.26 Å². The minimum Gasteiger partial charge on any atom is -0.396 e. The van der Waals surface area contributed by atoms with Gasteiger partial charge in [0.15, 0.2) is 5.79 Å². The summed E-state index contributed by atoms with van der Waals surface area (Å²) in [6.07, 6.45) is 6.40. The highest BCUT2D eigenvalue weighted by molar-refractivity contribution is 6.31. The number of nitrogens with one attached hydrogen (secondary N) is 2. The molecule has 2 aromatic rings. The van der Waals surface area contributed by atoms with Crippen LogP contribution < -0.4 is 10.6 Å². The summed E-state index contributed by atoms with van der Waals surface area (Å²) in [5.74, 6) is -3.92. The summed E-state index contributed by atoms with van der Waals surface area (Å²) in [7, 11) is 0. The second-order valence-corrected chi connectivity index (χ2v) is 13.4. The first kappa shape index (κ1) is 32.8. The molecule has 2 heterocycles. The van der Waals surface area contributed by atoms with E-state index in [0.29, 0.717) is 25.9 Å².